The Balaban J connectivity index is 1.64. The van der Waals surface area contributed by atoms with E-state index in [4.69, 9.17) is 0 Å². The molecule has 6 nitrogen and oxygen atoms in total. The molecule has 0 unspecified atom stereocenters. The van der Waals surface area contributed by atoms with E-state index in [1.54, 1.807) is 0 Å². The van der Waals surface area contributed by atoms with Gasteiger partial charge in [-0.3, -0.25) is 4.79 Å². The van der Waals surface area contributed by atoms with Gasteiger partial charge in [0.1, 0.15) is 12.2 Å². The van der Waals surface area contributed by atoms with Crippen LogP contribution in [0.2, 0.25) is 0 Å². The molecule has 2 aliphatic heterocycles. The Bertz CT molecular complexity index is 623. The SMILES string of the molecule is Cc1cc(N2CCCC2)nc(N2CCN(C(=O)CC(F)(F)F)CC2)n1. The van der Waals surface area contributed by atoms with Crippen LogP contribution in [0.1, 0.15) is 25.0 Å². The van der Waals surface area contributed by atoms with Crippen molar-refractivity contribution < 1.29 is 18.0 Å². The number of halogens is 3. The zero-order valence-corrected chi connectivity index (χ0v) is 14.2. The number of hydrogen-bond acceptors (Lipinski definition) is 5. The summed E-state index contributed by atoms with van der Waals surface area (Å²) in [5.41, 5.74) is 0.863. The van der Waals surface area contributed by atoms with Crippen LogP contribution < -0.4 is 9.80 Å². The highest BCUT2D eigenvalue weighted by Crippen LogP contribution is 2.23. The summed E-state index contributed by atoms with van der Waals surface area (Å²) in [5, 5.41) is 0. The number of piperazine rings is 1. The largest absolute Gasteiger partial charge is 0.397 e. The Morgan fingerprint density at radius 1 is 1.04 bits per heavy atom. The zero-order chi connectivity index (χ0) is 18.0. The molecule has 9 heteroatoms. The van der Waals surface area contributed by atoms with Gasteiger partial charge >= 0.3 is 6.18 Å². The van der Waals surface area contributed by atoms with Gasteiger partial charge in [0.05, 0.1) is 0 Å². The van der Waals surface area contributed by atoms with Gasteiger partial charge in [-0.1, -0.05) is 0 Å². The quantitative estimate of drug-likeness (QED) is 0.828. The molecule has 3 rings (SSSR count). The first-order valence-corrected chi connectivity index (χ1v) is 8.52. The molecular weight excluding hydrogens is 335 g/mol. The van der Waals surface area contributed by atoms with Crippen molar-refractivity contribution in [2.24, 2.45) is 0 Å². The van der Waals surface area contributed by atoms with Crippen LogP contribution in [0.4, 0.5) is 24.9 Å². The number of carbonyl (C=O) groups excluding carboxylic acids is 1. The molecule has 0 N–H and O–H groups in total. The molecule has 3 heterocycles. The Morgan fingerprint density at radius 3 is 2.28 bits per heavy atom. The summed E-state index contributed by atoms with van der Waals surface area (Å²) in [4.78, 5) is 26.2. The third-order valence-corrected chi connectivity index (χ3v) is 4.53. The highest BCUT2D eigenvalue weighted by molar-refractivity contribution is 5.77. The van der Waals surface area contributed by atoms with Crippen molar-refractivity contribution >= 4 is 17.7 Å². The molecule has 0 bridgehead atoms. The summed E-state index contributed by atoms with van der Waals surface area (Å²) < 4.78 is 37.1. The van der Waals surface area contributed by atoms with Gasteiger partial charge in [0, 0.05) is 51.0 Å². The molecule has 1 aromatic rings. The van der Waals surface area contributed by atoms with Crippen LogP contribution in [-0.2, 0) is 4.79 Å². The van der Waals surface area contributed by atoms with E-state index in [0.29, 0.717) is 19.0 Å². The van der Waals surface area contributed by atoms with E-state index in [9.17, 15) is 18.0 Å². The lowest BCUT2D eigenvalue weighted by Crippen LogP contribution is -2.50. The van der Waals surface area contributed by atoms with Crippen LogP contribution in [0, 0.1) is 6.92 Å². The highest BCUT2D eigenvalue weighted by atomic mass is 19.4. The van der Waals surface area contributed by atoms with E-state index in [2.05, 4.69) is 14.9 Å². The molecule has 0 atom stereocenters. The van der Waals surface area contributed by atoms with E-state index in [1.165, 1.54) is 4.90 Å². The Morgan fingerprint density at radius 2 is 1.68 bits per heavy atom. The Kier molecular flexibility index (Phi) is 5.01. The van der Waals surface area contributed by atoms with Crippen molar-refractivity contribution in [3.8, 4) is 0 Å². The molecule has 2 aliphatic rings. The fourth-order valence-corrected chi connectivity index (χ4v) is 3.23. The number of aromatic nitrogens is 2. The summed E-state index contributed by atoms with van der Waals surface area (Å²) >= 11 is 0. The van der Waals surface area contributed by atoms with Crippen molar-refractivity contribution in [2.45, 2.75) is 32.4 Å². The predicted octanol–water partition coefficient (Wildman–Crippen LogP) is 1.99. The summed E-state index contributed by atoms with van der Waals surface area (Å²) in [5.74, 6) is 0.621. The minimum absolute atomic E-state index is 0.255. The maximum absolute atomic E-state index is 12.4. The van der Waals surface area contributed by atoms with Crippen LogP contribution in [0.5, 0.6) is 0 Å². The van der Waals surface area contributed by atoms with E-state index >= 15 is 0 Å². The lowest BCUT2D eigenvalue weighted by atomic mass is 10.2. The minimum atomic E-state index is -4.46. The fourth-order valence-electron chi connectivity index (χ4n) is 3.23. The summed E-state index contributed by atoms with van der Waals surface area (Å²) in [6, 6.07) is 1.96. The molecule has 2 fully saturated rings. The second-order valence-electron chi connectivity index (χ2n) is 6.52. The fraction of sp³-hybridized carbons (Fsp3) is 0.688. The number of anilines is 2. The number of amides is 1. The first-order valence-electron chi connectivity index (χ1n) is 8.52. The van der Waals surface area contributed by atoms with Gasteiger partial charge < -0.3 is 14.7 Å². The topological polar surface area (TPSA) is 52.6 Å². The molecule has 0 aliphatic carbocycles. The lowest BCUT2D eigenvalue weighted by Gasteiger charge is -2.35. The van der Waals surface area contributed by atoms with Gasteiger partial charge in [0.15, 0.2) is 0 Å². The normalized spacial score (nSPS) is 18.8. The van der Waals surface area contributed by atoms with Crippen LogP contribution in [0.15, 0.2) is 6.07 Å². The summed E-state index contributed by atoms with van der Waals surface area (Å²) in [7, 11) is 0. The number of rotatable bonds is 3. The Hall–Kier alpha value is -2.06. The molecule has 1 aromatic heterocycles. The zero-order valence-electron chi connectivity index (χ0n) is 14.2. The number of hydrogen-bond donors (Lipinski definition) is 0. The molecular formula is C16H22F3N5O. The maximum atomic E-state index is 12.4. The van der Waals surface area contributed by atoms with Crippen molar-refractivity contribution in [2.75, 3.05) is 49.1 Å². The smallest absolute Gasteiger partial charge is 0.356 e. The van der Waals surface area contributed by atoms with Crippen LogP contribution in [0.25, 0.3) is 0 Å². The maximum Gasteiger partial charge on any atom is 0.397 e. The predicted molar refractivity (Wildman–Crippen MR) is 87.7 cm³/mol. The van der Waals surface area contributed by atoms with Crippen LogP contribution >= 0.6 is 0 Å². The average Bonchev–Trinajstić information content (AvgIpc) is 3.07. The number of nitrogens with zero attached hydrogens (tertiary/aromatic N) is 5. The van der Waals surface area contributed by atoms with Crippen molar-refractivity contribution in [3.63, 3.8) is 0 Å². The van der Waals surface area contributed by atoms with Gasteiger partial charge in [-0.15, -0.1) is 0 Å². The van der Waals surface area contributed by atoms with E-state index in [0.717, 1.165) is 37.4 Å². The van der Waals surface area contributed by atoms with Crippen molar-refractivity contribution in [1.29, 1.82) is 0 Å². The lowest BCUT2D eigenvalue weighted by molar-refractivity contribution is -0.161. The average molecular weight is 357 g/mol. The molecule has 0 aromatic carbocycles. The molecule has 0 spiro atoms. The number of aryl methyl sites for hydroxylation is 1. The minimum Gasteiger partial charge on any atom is -0.356 e. The summed E-state index contributed by atoms with van der Waals surface area (Å²) in [6.45, 7) is 5.26. The molecule has 25 heavy (non-hydrogen) atoms. The summed E-state index contributed by atoms with van der Waals surface area (Å²) in [6.07, 6.45) is -3.55. The van der Waals surface area contributed by atoms with E-state index in [1.807, 2.05) is 17.9 Å². The number of alkyl halides is 3. The first-order chi connectivity index (χ1) is 11.8. The number of carbonyl (C=O) groups is 1. The first kappa shape index (κ1) is 17.8. The van der Waals surface area contributed by atoms with E-state index in [-0.39, 0.29) is 13.1 Å². The second kappa shape index (κ2) is 7.05. The van der Waals surface area contributed by atoms with Crippen LogP contribution in [-0.4, -0.2) is 66.2 Å². The van der Waals surface area contributed by atoms with Crippen LogP contribution in [0.3, 0.4) is 0 Å². The highest BCUT2D eigenvalue weighted by Gasteiger charge is 2.34. The third kappa shape index (κ3) is 4.52. The van der Waals surface area contributed by atoms with Gasteiger partial charge in [0.25, 0.3) is 0 Å². The standard InChI is InChI=1S/C16H22F3N5O/c1-12-10-13(22-4-2-3-5-22)21-15(20-12)24-8-6-23(7-9-24)14(25)11-16(17,18)19/h10H,2-9,11H2,1H3. The molecule has 2 saturated heterocycles. The van der Waals surface area contributed by atoms with Gasteiger partial charge in [0.2, 0.25) is 11.9 Å². The monoisotopic (exact) mass is 357 g/mol. The molecule has 138 valence electrons. The third-order valence-electron chi connectivity index (χ3n) is 4.53. The molecule has 0 saturated carbocycles. The Labute approximate surface area is 144 Å². The van der Waals surface area contributed by atoms with Crippen molar-refractivity contribution in [1.82, 2.24) is 14.9 Å². The molecule has 1 amide bonds. The second-order valence-corrected chi connectivity index (χ2v) is 6.52. The van der Waals surface area contributed by atoms with Gasteiger partial charge in [-0.25, -0.2) is 4.98 Å². The molecule has 0 radical (unpaired) electrons. The van der Waals surface area contributed by atoms with Gasteiger partial charge in [-0.05, 0) is 19.8 Å². The van der Waals surface area contributed by atoms with E-state index < -0.39 is 18.5 Å². The van der Waals surface area contributed by atoms with Crippen molar-refractivity contribution in [3.05, 3.63) is 11.8 Å². The van der Waals surface area contributed by atoms with Gasteiger partial charge in [-0.2, -0.15) is 18.2 Å².